The number of amides is 1. The van der Waals surface area contributed by atoms with E-state index in [0.717, 1.165) is 16.3 Å². The van der Waals surface area contributed by atoms with Crippen LogP contribution in [0.15, 0.2) is 40.1 Å². The van der Waals surface area contributed by atoms with Gasteiger partial charge in [0.1, 0.15) is 5.56 Å². The predicted molar refractivity (Wildman–Crippen MR) is 99.9 cm³/mol. The highest BCUT2D eigenvalue weighted by molar-refractivity contribution is 5.94. The molecule has 0 saturated heterocycles. The summed E-state index contributed by atoms with van der Waals surface area (Å²) in [6.07, 6.45) is 0.685. The Morgan fingerprint density at radius 1 is 1.19 bits per heavy atom. The van der Waals surface area contributed by atoms with Gasteiger partial charge in [-0.3, -0.25) is 19.0 Å². The standard InChI is InChI=1S/C19H23N3O5/c1-19(2,3)12-7-5-11(6-8-12)14(9-15(23)24)21-16(25)13-10-20-18(27)22(4)17(13)26/h5-8,10,14H,9H2,1-4H3,(H,20,27)(H,21,25)(H,23,24). The number of H-pyrrole nitrogens is 1. The molecule has 0 aliphatic heterocycles. The Balaban J connectivity index is 2.33. The zero-order valence-electron chi connectivity index (χ0n) is 15.7. The van der Waals surface area contributed by atoms with Crippen LogP contribution in [0.3, 0.4) is 0 Å². The molecule has 0 bridgehead atoms. The molecule has 8 heteroatoms. The Kier molecular flexibility index (Phi) is 5.68. The minimum Gasteiger partial charge on any atom is -0.481 e. The molecule has 0 spiro atoms. The summed E-state index contributed by atoms with van der Waals surface area (Å²) in [6, 6.07) is 6.48. The van der Waals surface area contributed by atoms with Gasteiger partial charge in [0.25, 0.3) is 11.5 Å². The molecule has 8 nitrogen and oxygen atoms in total. The fourth-order valence-corrected chi connectivity index (χ4v) is 2.61. The molecule has 0 aliphatic rings. The number of aromatic amines is 1. The number of carboxylic acid groups (broad SMARTS) is 1. The van der Waals surface area contributed by atoms with Crippen molar-refractivity contribution in [3.05, 3.63) is 68.0 Å². The van der Waals surface area contributed by atoms with Gasteiger partial charge in [-0.15, -0.1) is 0 Å². The largest absolute Gasteiger partial charge is 0.481 e. The number of nitrogens with zero attached hydrogens (tertiary/aromatic N) is 1. The minimum atomic E-state index is -1.09. The molecule has 1 heterocycles. The lowest BCUT2D eigenvalue weighted by Crippen LogP contribution is -2.40. The zero-order chi connectivity index (χ0) is 20.4. The fourth-order valence-electron chi connectivity index (χ4n) is 2.61. The maximum atomic E-state index is 12.5. The van der Waals surface area contributed by atoms with Crippen LogP contribution in [0, 0.1) is 0 Å². The van der Waals surface area contributed by atoms with E-state index in [1.807, 2.05) is 12.1 Å². The van der Waals surface area contributed by atoms with E-state index in [4.69, 9.17) is 0 Å². The Hall–Kier alpha value is -3.16. The van der Waals surface area contributed by atoms with Crippen molar-refractivity contribution < 1.29 is 14.7 Å². The van der Waals surface area contributed by atoms with Crippen LogP contribution in [-0.4, -0.2) is 26.5 Å². The zero-order valence-corrected chi connectivity index (χ0v) is 15.7. The molecular weight excluding hydrogens is 350 g/mol. The molecule has 1 atom stereocenters. The van der Waals surface area contributed by atoms with E-state index in [-0.39, 0.29) is 17.4 Å². The SMILES string of the molecule is Cn1c(=O)[nH]cc(C(=O)NC(CC(=O)O)c2ccc(C(C)(C)C)cc2)c1=O. The number of hydrogen-bond donors (Lipinski definition) is 3. The molecule has 0 radical (unpaired) electrons. The summed E-state index contributed by atoms with van der Waals surface area (Å²) in [5.41, 5.74) is -0.0450. The molecule has 144 valence electrons. The molecule has 2 rings (SSSR count). The highest BCUT2D eigenvalue weighted by atomic mass is 16.4. The number of nitrogens with one attached hydrogen (secondary N) is 2. The monoisotopic (exact) mass is 373 g/mol. The first kappa shape index (κ1) is 20.2. The van der Waals surface area contributed by atoms with Crippen LogP contribution in [-0.2, 0) is 17.3 Å². The minimum absolute atomic E-state index is 0.0633. The van der Waals surface area contributed by atoms with Gasteiger partial charge in [0.2, 0.25) is 0 Å². The molecule has 1 amide bonds. The van der Waals surface area contributed by atoms with Gasteiger partial charge < -0.3 is 15.4 Å². The van der Waals surface area contributed by atoms with Gasteiger partial charge in [-0.2, -0.15) is 0 Å². The van der Waals surface area contributed by atoms with Crippen molar-refractivity contribution in [3.8, 4) is 0 Å². The van der Waals surface area contributed by atoms with E-state index in [2.05, 4.69) is 31.1 Å². The van der Waals surface area contributed by atoms with Crippen LogP contribution >= 0.6 is 0 Å². The van der Waals surface area contributed by atoms with Crippen molar-refractivity contribution in [1.82, 2.24) is 14.9 Å². The van der Waals surface area contributed by atoms with Gasteiger partial charge in [-0.05, 0) is 16.5 Å². The molecule has 1 unspecified atom stereocenters. The van der Waals surface area contributed by atoms with E-state index < -0.39 is 29.2 Å². The number of carbonyl (C=O) groups excluding carboxylic acids is 1. The summed E-state index contributed by atoms with van der Waals surface area (Å²) in [4.78, 5) is 49.5. The molecule has 0 aliphatic carbocycles. The number of carboxylic acids is 1. The predicted octanol–water partition coefficient (Wildman–Crippen LogP) is 1.32. The molecule has 27 heavy (non-hydrogen) atoms. The van der Waals surface area contributed by atoms with Crippen molar-refractivity contribution in [3.63, 3.8) is 0 Å². The van der Waals surface area contributed by atoms with Crippen molar-refractivity contribution in [1.29, 1.82) is 0 Å². The van der Waals surface area contributed by atoms with Gasteiger partial charge >= 0.3 is 11.7 Å². The Morgan fingerprint density at radius 2 is 1.78 bits per heavy atom. The Bertz CT molecular complexity index is 965. The second kappa shape index (κ2) is 7.61. The first-order valence-corrected chi connectivity index (χ1v) is 8.42. The Morgan fingerprint density at radius 3 is 2.30 bits per heavy atom. The number of carbonyl (C=O) groups is 2. The van der Waals surface area contributed by atoms with Crippen molar-refractivity contribution in [2.45, 2.75) is 38.6 Å². The van der Waals surface area contributed by atoms with Crippen LogP contribution in [0.25, 0.3) is 0 Å². The normalized spacial score (nSPS) is 12.4. The number of hydrogen-bond acceptors (Lipinski definition) is 4. The second-order valence-corrected chi connectivity index (χ2v) is 7.37. The lowest BCUT2D eigenvalue weighted by molar-refractivity contribution is -0.137. The number of aromatic nitrogens is 2. The van der Waals surface area contributed by atoms with Crippen molar-refractivity contribution in [2.24, 2.45) is 7.05 Å². The van der Waals surface area contributed by atoms with Gasteiger partial charge in [-0.1, -0.05) is 45.0 Å². The third-order valence-corrected chi connectivity index (χ3v) is 4.29. The summed E-state index contributed by atoms with van der Waals surface area (Å²) >= 11 is 0. The third-order valence-electron chi connectivity index (χ3n) is 4.29. The summed E-state index contributed by atoms with van der Waals surface area (Å²) in [5.74, 6) is -1.84. The number of aliphatic carboxylic acids is 1. The van der Waals surface area contributed by atoms with Crippen LogP contribution < -0.4 is 16.6 Å². The maximum Gasteiger partial charge on any atom is 0.328 e. The highest BCUT2D eigenvalue weighted by Crippen LogP contribution is 2.25. The summed E-state index contributed by atoms with van der Waals surface area (Å²) in [5, 5.41) is 11.8. The van der Waals surface area contributed by atoms with Gasteiger partial charge in [-0.25, -0.2) is 4.79 Å². The smallest absolute Gasteiger partial charge is 0.328 e. The molecule has 1 aromatic carbocycles. The maximum absolute atomic E-state index is 12.5. The topological polar surface area (TPSA) is 121 Å². The van der Waals surface area contributed by atoms with Crippen LogP contribution in [0.5, 0.6) is 0 Å². The van der Waals surface area contributed by atoms with E-state index in [1.165, 1.54) is 7.05 Å². The second-order valence-electron chi connectivity index (χ2n) is 7.37. The molecular formula is C19H23N3O5. The summed E-state index contributed by atoms with van der Waals surface area (Å²) < 4.78 is 0.777. The Labute approximate surface area is 155 Å². The molecule has 0 saturated carbocycles. The lowest BCUT2D eigenvalue weighted by Gasteiger charge is -2.21. The average molecular weight is 373 g/mol. The molecule has 3 N–H and O–H groups in total. The first-order chi connectivity index (χ1) is 12.5. The van der Waals surface area contributed by atoms with Crippen LogP contribution in [0.1, 0.15) is 54.7 Å². The number of rotatable bonds is 5. The average Bonchev–Trinajstić information content (AvgIpc) is 2.58. The molecule has 0 fully saturated rings. The van der Waals surface area contributed by atoms with E-state index >= 15 is 0 Å². The van der Waals surface area contributed by atoms with E-state index in [1.54, 1.807) is 12.1 Å². The van der Waals surface area contributed by atoms with Crippen LogP contribution in [0.2, 0.25) is 0 Å². The summed E-state index contributed by atoms with van der Waals surface area (Å²) in [7, 11) is 1.25. The van der Waals surface area contributed by atoms with Gasteiger partial charge in [0, 0.05) is 13.2 Å². The van der Waals surface area contributed by atoms with E-state index in [0.29, 0.717) is 5.56 Å². The number of benzene rings is 1. The summed E-state index contributed by atoms with van der Waals surface area (Å²) in [6.45, 7) is 6.18. The molecule has 1 aromatic heterocycles. The molecule has 2 aromatic rings. The van der Waals surface area contributed by atoms with Gasteiger partial charge in [0.15, 0.2) is 0 Å². The fraction of sp³-hybridized carbons (Fsp3) is 0.368. The van der Waals surface area contributed by atoms with Gasteiger partial charge in [0.05, 0.1) is 12.5 Å². The quantitative estimate of drug-likeness (QED) is 0.730. The van der Waals surface area contributed by atoms with Crippen LogP contribution in [0.4, 0.5) is 0 Å². The highest BCUT2D eigenvalue weighted by Gasteiger charge is 2.22. The first-order valence-electron chi connectivity index (χ1n) is 8.42. The van der Waals surface area contributed by atoms with E-state index in [9.17, 15) is 24.3 Å². The third kappa shape index (κ3) is 4.72. The lowest BCUT2D eigenvalue weighted by atomic mass is 9.86. The van der Waals surface area contributed by atoms with Crippen molar-refractivity contribution in [2.75, 3.05) is 0 Å². The van der Waals surface area contributed by atoms with Crippen molar-refractivity contribution >= 4 is 11.9 Å².